The first-order valence-corrected chi connectivity index (χ1v) is 9.28. The molecule has 0 aromatic carbocycles. The molecule has 6 nitrogen and oxygen atoms in total. The molecule has 0 radical (unpaired) electrons. The van der Waals surface area contributed by atoms with Gasteiger partial charge in [0, 0.05) is 19.0 Å². The molecule has 7 heteroatoms. The molecule has 0 spiro atoms. The van der Waals surface area contributed by atoms with Crippen molar-refractivity contribution < 1.29 is 8.42 Å². The minimum absolute atomic E-state index is 0.156. The molecule has 1 aromatic heterocycles. The third kappa shape index (κ3) is 4.30. The molecule has 21 heavy (non-hydrogen) atoms. The van der Waals surface area contributed by atoms with Crippen molar-refractivity contribution in [3.63, 3.8) is 0 Å². The van der Waals surface area contributed by atoms with Gasteiger partial charge >= 0.3 is 0 Å². The van der Waals surface area contributed by atoms with Gasteiger partial charge in [-0.05, 0) is 19.8 Å². The average molecular weight is 312 g/mol. The van der Waals surface area contributed by atoms with Gasteiger partial charge in [0.2, 0.25) is 0 Å². The molecule has 1 aliphatic rings. The van der Waals surface area contributed by atoms with Gasteiger partial charge in [-0.1, -0.05) is 13.8 Å². The minimum Gasteiger partial charge on any atom is -0.370 e. The van der Waals surface area contributed by atoms with Crippen molar-refractivity contribution in [1.82, 2.24) is 9.97 Å². The highest BCUT2D eigenvalue weighted by atomic mass is 32.2. The highest BCUT2D eigenvalue weighted by molar-refractivity contribution is 7.91. The predicted octanol–water partition coefficient (Wildman–Crippen LogP) is 1.85. The molecule has 1 saturated heterocycles. The van der Waals surface area contributed by atoms with Crippen molar-refractivity contribution >= 4 is 21.5 Å². The number of rotatable bonds is 6. The first-order valence-electron chi connectivity index (χ1n) is 7.46. The fourth-order valence-electron chi connectivity index (χ4n) is 2.48. The maximum Gasteiger partial charge on any atom is 0.152 e. The van der Waals surface area contributed by atoms with E-state index < -0.39 is 15.4 Å². The van der Waals surface area contributed by atoms with Gasteiger partial charge in [0.05, 0.1) is 17.0 Å². The lowest BCUT2D eigenvalue weighted by Crippen LogP contribution is -2.36. The predicted molar refractivity (Wildman–Crippen MR) is 85.5 cm³/mol. The highest BCUT2D eigenvalue weighted by Gasteiger charge is 2.38. The van der Waals surface area contributed by atoms with E-state index in [1.165, 1.54) is 0 Å². The van der Waals surface area contributed by atoms with Gasteiger partial charge in [-0.3, -0.25) is 0 Å². The van der Waals surface area contributed by atoms with Crippen molar-refractivity contribution in [3.8, 4) is 0 Å². The van der Waals surface area contributed by atoms with Gasteiger partial charge < -0.3 is 10.6 Å². The number of hydrogen-bond acceptors (Lipinski definition) is 6. The number of sulfone groups is 1. The number of hydrogen-bond donors (Lipinski definition) is 2. The molecule has 0 saturated carbocycles. The van der Waals surface area contributed by atoms with Gasteiger partial charge in [0.15, 0.2) is 9.84 Å². The van der Waals surface area contributed by atoms with E-state index in [1.807, 2.05) is 19.9 Å². The quantitative estimate of drug-likeness (QED) is 0.834. The summed E-state index contributed by atoms with van der Waals surface area (Å²) in [7, 11) is -2.94. The molecule has 1 aliphatic heterocycles. The van der Waals surface area contributed by atoms with Gasteiger partial charge in [0.25, 0.3) is 0 Å². The van der Waals surface area contributed by atoms with E-state index in [2.05, 4.69) is 27.5 Å². The number of nitrogens with zero attached hydrogens (tertiary/aromatic N) is 2. The zero-order chi connectivity index (χ0) is 15.5. The minimum atomic E-state index is -2.94. The van der Waals surface area contributed by atoms with Gasteiger partial charge in [0.1, 0.15) is 17.5 Å². The Hall–Kier alpha value is -1.37. The highest BCUT2D eigenvalue weighted by Crippen LogP contribution is 2.27. The molecule has 2 rings (SSSR count). The summed E-state index contributed by atoms with van der Waals surface area (Å²) in [6.07, 6.45) is 2.37. The monoisotopic (exact) mass is 312 g/mol. The lowest BCUT2D eigenvalue weighted by Gasteiger charge is -2.25. The van der Waals surface area contributed by atoms with Gasteiger partial charge in [-0.25, -0.2) is 18.4 Å². The second-order valence-corrected chi connectivity index (χ2v) is 8.05. The van der Waals surface area contributed by atoms with Crippen LogP contribution in [-0.4, -0.2) is 42.0 Å². The molecule has 1 unspecified atom stereocenters. The van der Waals surface area contributed by atoms with E-state index in [1.54, 1.807) is 0 Å². The largest absolute Gasteiger partial charge is 0.370 e. The number of anilines is 2. The summed E-state index contributed by atoms with van der Waals surface area (Å²) in [6.45, 7) is 6.89. The van der Waals surface area contributed by atoms with Crippen LogP contribution in [0.1, 0.15) is 39.4 Å². The van der Waals surface area contributed by atoms with Crippen LogP contribution in [0.25, 0.3) is 0 Å². The number of nitrogens with one attached hydrogen (secondary N) is 2. The third-order valence-corrected chi connectivity index (χ3v) is 5.48. The fourth-order valence-corrected chi connectivity index (χ4v) is 4.57. The molecule has 2 N–H and O–H groups in total. The number of aryl methyl sites for hydroxylation is 1. The Morgan fingerprint density at radius 2 is 2.00 bits per heavy atom. The van der Waals surface area contributed by atoms with Crippen molar-refractivity contribution in [2.75, 3.05) is 28.7 Å². The normalized spacial score (nSPS) is 24.0. The van der Waals surface area contributed by atoms with Crippen LogP contribution in [0.15, 0.2) is 6.07 Å². The molecular formula is C14H24N4O2S. The zero-order valence-corrected chi connectivity index (χ0v) is 13.8. The van der Waals surface area contributed by atoms with E-state index in [0.717, 1.165) is 31.0 Å². The average Bonchev–Trinajstić information content (AvgIpc) is 2.69. The van der Waals surface area contributed by atoms with E-state index in [-0.39, 0.29) is 11.5 Å². The summed E-state index contributed by atoms with van der Waals surface area (Å²) in [5.41, 5.74) is -0.444. The summed E-state index contributed by atoms with van der Waals surface area (Å²) in [5.74, 6) is 2.63. The Labute approximate surface area is 126 Å². The first-order chi connectivity index (χ1) is 9.86. The van der Waals surface area contributed by atoms with Crippen LogP contribution in [0.3, 0.4) is 0 Å². The van der Waals surface area contributed by atoms with Crippen LogP contribution in [0, 0.1) is 0 Å². The molecule has 1 fully saturated rings. The van der Waals surface area contributed by atoms with E-state index in [4.69, 9.17) is 0 Å². The van der Waals surface area contributed by atoms with Crippen LogP contribution >= 0.6 is 0 Å². The van der Waals surface area contributed by atoms with Gasteiger partial charge in [-0.15, -0.1) is 0 Å². The second kappa shape index (κ2) is 6.17. The molecule has 1 atom stereocenters. The molecule has 2 heterocycles. The summed E-state index contributed by atoms with van der Waals surface area (Å²) >= 11 is 0. The molecule has 0 amide bonds. The molecule has 1 aromatic rings. The van der Waals surface area contributed by atoms with E-state index >= 15 is 0 Å². The van der Waals surface area contributed by atoms with Crippen LogP contribution in [0.5, 0.6) is 0 Å². The number of aromatic nitrogens is 2. The smallest absolute Gasteiger partial charge is 0.152 e. The van der Waals surface area contributed by atoms with Gasteiger partial charge in [-0.2, -0.15) is 0 Å². The maximum absolute atomic E-state index is 11.7. The van der Waals surface area contributed by atoms with Crippen LogP contribution in [0.4, 0.5) is 11.6 Å². The Kier molecular flexibility index (Phi) is 4.70. The van der Waals surface area contributed by atoms with Crippen molar-refractivity contribution in [2.45, 2.75) is 45.6 Å². The third-order valence-electron chi connectivity index (χ3n) is 3.58. The topological polar surface area (TPSA) is 84.0 Å². The Balaban J connectivity index is 2.19. The Bertz CT molecular complexity index is 603. The summed E-state index contributed by atoms with van der Waals surface area (Å²) in [5, 5.41) is 6.55. The first kappa shape index (κ1) is 16.0. The van der Waals surface area contributed by atoms with E-state index in [0.29, 0.717) is 12.2 Å². The molecule has 118 valence electrons. The molecule has 0 aliphatic carbocycles. The zero-order valence-electron chi connectivity index (χ0n) is 12.9. The Morgan fingerprint density at radius 3 is 2.57 bits per heavy atom. The van der Waals surface area contributed by atoms with Crippen LogP contribution in [-0.2, 0) is 16.3 Å². The molecular weight excluding hydrogens is 288 g/mol. The lowest BCUT2D eigenvalue weighted by molar-refractivity contribution is 0.571. The lowest BCUT2D eigenvalue weighted by atomic mass is 10.0. The van der Waals surface area contributed by atoms with Crippen molar-refractivity contribution in [2.24, 2.45) is 0 Å². The van der Waals surface area contributed by atoms with Crippen molar-refractivity contribution in [3.05, 3.63) is 11.9 Å². The SMILES string of the molecule is CCCNc1cc(NC2(C)CCS(=O)(=O)C2)nc(CC)n1. The van der Waals surface area contributed by atoms with E-state index in [9.17, 15) is 8.42 Å². The standard InChI is InChI=1S/C14H24N4O2S/c1-4-7-15-12-9-13(17-11(5-2)16-12)18-14(3)6-8-21(19,20)10-14/h9H,4-8,10H2,1-3H3,(H2,15,16,17,18). The summed E-state index contributed by atoms with van der Waals surface area (Å²) < 4.78 is 23.4. The van der Waals surface area contributed by atoms with Crippen LogP contribution < -0.4 is 10.6 Å². The second-order valence-electron chi connectivity index (χ2n) is 5.86. The Morgan fingerprint density at radius 1 is 1.29 bits per heavy atom. The summed E-state index contributed by atoms with van der Waals surface area (Å²) in [6, 6.07) is 1.85. The summed E-state index contributed by atoms with van der Waals surface area (Å²) in [4.78, 5) is 8.89. The fraction of sp³-hybridized carbons (Fsp3) is 0.714. The van der Waals surface area contributed by atoms with Crippen molar-refractivity contribution in [1.29, 1.82) is 0 Å². The molecule has 0 bridgehead atoms. The van der Waals surface area contributed by atoms with Crippen LogP contribution in [0.2, 0.25) is 0 Å². The maximum atomic E-state index is 11.7.